The Morgan fingerprint density at radius 2 is 1.63 bits per heavy atom. The molecular formula is C14H20O5. The van der Waals surface area contributed by atoms with Crippen molar-refractivity contribution >= 4 is 11.9 Å². The number of hydrogen-bond acceptors (Lipinski definition) is 5. The van der Waals surface area contributed by atoms with Crippen LogP contribution < -0.4 is 0 Å². The summed E-state index contributed by atoms with van der Waals surface area (Å²) >= 11 is 0. The summed E-state index contributed by atoms with van der Waals surface area (Å²) in [4.78, 5) is 24.1. The average molecular weight is 268 g/mol. The minimum atomic E-state index is -1.14. The monoisotopic (exact) mass is 268 g/mol. The van der Waals surface area contributed by atoms with Crippen LogP contribution in [0, 0.1) is 16.7 Å². The molecule has 106 valence electrons. The van der Waals surface area contributed by atoms with E-state index in [0.717, 1.165) is 12.2 Å². The fourth-order valence-electron chi connectivity index (χ4n) is 3.42. The number of ether oxygens (including phenoxy) is 3. The van der Waals surface area contributed by atoms with Crippen LogP contribution in [0.4, 0.5) is 0 Å². The first-order chi connectivity index (χ1) is 8.94. The third kappa shape index (κ3) is 2.01. The van der Waals surface area contributed by atoms with Gasteiger partial charge in [-0.05, 0) is 43.6 Å². The van der Waals surface area contributed by atoms with Crippen LogP contribution in [0.5, 0.6) is 0 Å². The Morgan fingerprint density at radius 1 is 1.05 bits per heavy atom. The molecule has 0 amide bonds. The normalized spacial score (nSPS) is 31.4. The molecule has 2 saturated carbocycles. The first kappa shape index (κ1) is 13.9. The standard InChI is InChI=1S/C14H20O5/c1-9(17-2)5-13-6-10(13)7-14(8-13,11(15)18-3)12(16)19-4/h5,10H,6-8H2,1-4H3/b9-5+/t10-,13+/m1/s1. The average Bonchev–Trinajstić information content (AvgIpc) is 2.97. The van der Waals surface area contributed by atoms with Crippen molar-refractivity contribution in [1.29, 1.82) is 0 Å². The van der Waals surface area contributed by atoms with Gasteiger partial charge in [0.1, 0.15) is 0 Å². The summed E-state index contributed by atoms with van der Waals surface area (Å²) in [5, 5.41) is 0. The second-order valence-corrected chi connectivity index (χ2v) is 5.54. The largest absolute Gasteiger partial charge is 0.502 e. The molecule has 0 radical (unpaired) electrons. The molecule has 2 atom stereocenters. The first-order valence-corrected chi connectivity index (χ1v) is 6.34. The molecule has 0 saturated heterocycles. The Kier molecular flexibility index (Phi) is 3.32. The highest BCUT2D eigenvalue weighted by Crippen LogP contribution is 2.70. The zero-order chi connectivity index (χ0) is 14.3. The molecule has 0 aliphatic heterocycles. The Bertz CT molecular complexity index is 423. The zero-order valence-corrected chi connectivity index (χ0v) is 11.8. The van der Waals surface area contributed by atoms with E-state index in [1.165, 1.54) is 14.2 Å². The molecule has 5 nitrogen and oxygen atoms in total. The molecule has 0 unspecified atom stereocenters. The van der Waals surface area contributed by atoms with Crippen molar-refractivity contribution in [2.45, 2.75) is 26.2 Å². The first-order valence-electron chi connectivity index (χ1n) is 6.34. The molecule has 2 fully saturated rings. The maximum atomic E-state index is 12.0. The molecule has 19 heavy (non-hydrogen) atoms. The summed E-state index contributed by atoms with van der Waals surface area (Å²) in [6.07, 6.45) is 3.97. The van der Waals surface area contributed by atoms with Gasteiger partial charge in [-0.25, -0.2) is 0 Å². The number of carbonyl (C=O) groups is 2. The minimum absolute atomic E-state index is 0.109. The Hall–Kier alpha value is -1.52. The predicted octanol–water partition coefficient (Wildman–Crippen LogP) is 1.67. The highest BCUT2D eigenvalue weighted by molar-refractivity contribution is 6.00. The van der Waals surface area contributed by atoms with E-state index in [0.29, 0.717) is 18.8 Å². The number of carbonyl (C=O) groups excluding carboxylic acids is 2. The number of methoxy groups -OCH3 is 3. The quantitative estimate of drug-likeness (QED) is 0.441. The topological polar surface area (TPSA) is 61.8 Å². The van der Waals surface area contributed by atoms with Gasteiger partial charge in [-0.2, -0.15) is 0 Å². The van der Waals surface area contributed by atoms with E-state index in [1.54, 1.807) is 7.11 Å². The van der Waals surface area contributed by atoms with E-state index >= 15 is 0 Å². The number of hydrogen-bond donors (Lipinski definition) is 0. The van der Waals surface area contributed by atoms with Crippen LogP contribution in [0.1, 0.15) is 26.2 Å². The summed E-state index contributed by atoms with van der Waals surface area (Å²) in [5.74, 6) is 0.160. The molecule has 0 spiro atoms. The second-order valence-electron chi connectivity index (χ2n) is 5.54. The van der Waals surface area contributed by atoms with E-state index in [2.05, 4.69) is 0 Å². The van der Waals surface area contributed by atoms with E-state index in [9.17, 15) is 9.59 Å². The molecule has 0 heterocycles. The molecule has 0 N–H and O–H groups in total. The highest BCUT2D eigenvalue weighted by atomic mass is 16.5. The molecule has 0 bridgehead atoms. The van der Waals surface area contributed by atoms with Crippen LogP contribution in [0.15, 0.2) is 11.8 Å². The van der Waals surface area contributed by atoms with Gasteiger partial charge in [-0.3, -0.25) is 9.59 Å². The fraction of sp³-hybridized carbons (Fsp3) is 0.714. The zero-order valence-electron chi connectivity index (χ0n) is 11.8. The van der Waals surface area contributed by atoms with Crippen molar-refractivity contribution in [3.05, 3.63) is 11.8 Å². The number of allylic oxidation sites excluding steroid dienone is 2. The molecule has 2 aliphatic carbocycles. The van der Waals surface area contributed by atoms with Crippen molar-refractivity contribution in [2.75, 3.05) is 21.3 Å². The third-order valence-corrected chi connectivity index (χ3v) is 4.47. The minimum Gasteiger partial charge on any atom is -0.502 e. The van der Waals surface area contributed by atoms with Gasteiger partial charge in [0.2, 0.25) is 0 Å². The number of rotatable bonds is 4. The van der Waals surface area contributed by atoms with E-state index < -0.39 is 17.4 Å². The summed E-state index contributed by atoms with van der Waals surface area (Å²) < 4.78 is 14.8. The summed E-state index contributed by atoms with van der Waals surface area (Å²) in [7, 11) is 4.22. The molecule has 5 heteroatoms. The summed E-state index contributed by atoms with van der Waals surface area (Å²) in [6, 6.07) is 0. The highest BCUT2D eigenvalue weighted by Gasteiger charge is 2.70. The third-order valence-electron chi connectivity index (χ3n) is 4.47. The van der Waals surface area contributed by atoms with Gasteiger partial charge < -0.3 is 14.2 Å². The van der Waals surface area contributed by atoms with Crippen LogP contribution in [0.2, 0.25) is 0 Å². The Labute approximate surface area is 112 Å². The van der Waals surface area contributed by atoms with Crippen molar-refractivity contribution < 1.29 is 23.8 Å². The van der Waals surface area contributed by atoms with Gasteiger partial charge >= 0.3 is 11.9 Å². The van der Waals surface area contributed by atoms with Gasteiger partial charge in [-0.1, -0.05) is 0 Å². The molecule has 0 aromatic carbocycles. The van der Waals surface area contributed by atoms with Gasteiger partial charge in [0, 0.05) is 0 Å². The van der Waals surface area contributed by atoms with Crippen LogP contribution in [0.3, 0.4) is 0 Å². The summed E-state index contributed by atoms with van der Waals surface area (Å²) in [6.45, 7) is 1.88. The summed E-state index contributed by atoms with van der Waals surface area (Å²) in [5.41, 5.74) is -1.25. The Morgan fingerprint density at radius 3 is 2.11 bits per heavy atom. The molecular weight excluding hydrogens is 248 g/mol. The Balaban J connectivity index is 2.28. The van der Waals surface area contributed by atoms with Crippen LogP contribution >= 0.6 is 0 Å². The van der Waals surface area contributed by atoms with Gasteiger partial charge in [0.25, 0.3) is 0 Å². The lowest BCUT2D eigenvalue weighted by molar-refractivity contribution is -0.169. The second kappa shape index (κ2) is 4.54. The number of fused-ring (bicyclic) bond motifs is 1. The van der Waals surface area contributed by atoms with Crippen LogP contribution in [0.25, 0.3) is 0 Å². The lowest BCUT2D eigenvalue weighted by atomic mass is 9.80. The van der Waals surface area contributed by atoms with Crippen LogP contribution in [-0.4, -0.2) is 33.3 Å². The molecule has 0 aromatic heterocycles. The fourth-order valence-corrected chi connectivity index (χ4v) is 3.42. The van der Waals surface area contributed by atoms with Crippen molar-refractivity contribution in [1.82, 2.24) is 0 Å². The SMILES string of the molecule is COC(=O)C1(C(=O)OC)C[C@H]2C[C@@]2(/C=C(\C)OC)C1. The smallest absolute Gasteiger partial charge is 0.323 e. The van der Waals surface area contributed by atoms with Gasteiger partial charge in [0.15, 0.2) is 5.41 Å². The predicted molar refractivity (Wildman–Crippen MR) is 67.0 cm³/mol. The molecule has 2 rings (SSSR count). The van der Waals surface area contributed by atoms with E-state index in [1.807, 2.05) is 13.0 Å². The van der Waals surface area contributed by atoms with Crippen LogP contribution in [-0.2, 0) is 23.8 Å². The van der Waals surface area contributed by atoms with E-state index in [-0.39, 0.29) is 5.41 Å². The maximum absolute atomic E-state index is 12.0. The number of esters is 2. The van der Waals surface area contributed by atoms with Crippen molar-refractivity contribution in [3.63, 3.8) is 0 Å². The lowest BCUT2D eigenvalue weighted by Gasteiger charge is -2.25. The maximum Gasteiger partial charge on any atom is 0.323 e. The van der Waals surface area contributed by atoms with E-state index in [4.69, 9.17) is 14.2 Å². The lowest BCUT2D eigenvalue weighted by Crippen LogP contribution is -2.40. The van der Waals surface area contributed by atoms with Crippen molar-refractivity contribution in [3.8, 4) is 0 Å². The van der Waals surface area contributed by atoms with Gasteiger partial charge in [-0.15, -0.1) is 0 Å². The van der Waals surface area contributed by atoms with Gasteiger partial charge in [0.05, 0.1) is 27.1 Å². The van der Waals surface area contributed by atoms with Crippen molar-refractivity contribution in [2.24, 2.45) is 16.7 Å². The molecule has 0 aromatic rings. The molecule has 2 aliphatic rings.